The molecule has 0 atom stereocenters. The molecule has 5 heteroatoms. The van der Waals surface area contributed by atoms with Crippen LogP contribution in [0.4, 0.5) is 0 Å². The third-order valence-electron chi connectivity index (χ3n) is 5.02. The predicted octanol–water partition coefficient (Wildman–Crippen LogP) is 3.47. The zero-order valence-electron chi connectivity index (χ0n) is 16.1. The minimum Gasteiger partial charge on any atom is -0.493 e. The van der Waals surface area contributed by atoms with Crippen LogP contribution in [0.2, 0.25) is 0 Å². The topological polar surface area (TPSA) is 52.5 Å². The molecule has 1 aromatic carbocycles. The van der Waals surface area contributed by atoms with Crippen molar-refractivity contribution in [2.45, 2.75) is 39.2 Å². The molecule has 1 aromatic heterocycles. The first kappa shape index (κ1) is 18.5. The molecule has 0 unspecified atom stereocenters. The van der Waals surface area contributed by atoms with Gasteiger partial charge in [0.25, 0.3) is 0 Å². The van der Waals surface area contributed by atoms with E-state index in [1.807, 2.05) is 24.3 Å². The third-order valence-corrected chi connectivity index (χ3v) is 5.02. The lowest BCUT2D eigenvalue weighted by Crippen LogP contribution is -2.25. The Bertz CT molecular complexity index is 791. The standard InChI is InChI=1S/C21H28N2O3/c1-14-11-18(15(2)23(14)17-6-7-17)19(24)13-22-10-9-16-5-8-20(25-3)21(12-16)26-4/h5,8,11-12,17,22H,6-7,9-10,13H2,1-4H3. The molecule has 1 aliphatic carbocycles. The largest absolute Gasteiger partial charge is 0.493 e. The summed E-state index contributed by atoms with van der Waals surface area (Å²) in [5, 5.41) is 3.27. The van der Waals surface area contributed by atoms with Gasteiger partial charge in [0.15, 0.2) is 17.3 Å². The molecule has 1 aliphatic rings. The number of hydrogen-bond donors (Lipinski definition) is 1. The number of rotatable bonds is 9. The molecule has 2 aromatic rings. The molecule has 140 valence electrons. The number of nitrogens with one attached hydrogen (secondary N) is 1. The molecule has 0 bridgehead atoms. The van der Waals surface area contributed by atoms with E-state index in [0.29, 0.717) is 12.6 Å². The lowest BCUT2D eigenvalue weighted by Gasteiger charge is -2.10. The van der Waals surface area contributed by atoms with Gasteiger partial charge < -0.3 is 19.4 Å². The number of methoxy groups -OCH3 is 2. The van der Waals surface area contributed by atoms with Crippen molar-refractivity contribution in [3.05, 3.63) is 46.8 Å². The van der Waals surface area contributed by atoms with Gasteiger partial charge in [-0.05, 0) is 63.4 Å². The lowest BCUT2D eigenvalue weighted by molar-refractivity contribution is 0.0990. The van der Waals surface area contributed by atoms with E-state index in [1.54, 1.807) is 14.2 Å². The number of hydrogen-bond acceptors (Lipinski definition) is 4. The average molecular weight is 356 g/mol. The van der Waals surface area contributed by atoms with E-state index in [4.69, 9.17) is 9.47 Å². The first-order valence-corrected chi connectivity index (χ1v) is 9.18. The normalized spacial score (nSPS) is 13.7. The molecule has 0 spiro atoms. The van der Waals surface area contributed by atoms with Gasteiger partial charge in [-0.2, -0.15) is 0 Å². The summed E-state index contributed by atoms with van der Waals surface area (Å²) in [6.07, 6.45) is 3.29. The van der Waals surface area contributed by atoms with Crippen LogP contribution in [-0.4, -0.2) is 37.7 Å². The monoisotopic (exact) mass is 356 g/mol. The second-order valence-corrected chi connectivity index (χ2v) is 6.93. The van der Waals surface area contributed by atoms with Gasteiger partial charge >= 0.3 is 0 Å². The molecule has 1 saturated carbocycles. The SMILES string of the molecule is COc1ccc(CCNCC(=O)c2cc(C)n(C3CC3)c2C)cc1OC. The molecular weight excluding hydrogens is 328 g/mol. The summed E-state index contributed by atoms with van der Waals surface area (Å²) in [5.74, 6) is 1.62. The van der Waals surface area contributed by atoms with Gasteiger partial charge in [0.05, 0.1) is 20.8 Å². The molecule has 0 aliphatic heterocycles. The average Bonchev–Trinajstić information content (AvgIpc) is 3.43. The Labute approximate surface area is 155 Å². The summed E-state index contributed by atoms with van der Waals surface area (Å²) < 4.78 is 12.9. The van der Waals surface area contributed by atoms with Gasteiger partial charge in [0.1, 0.15) is 0 Å². The Hall–Kier alpha value is -2.27. The van der Waals surface area contributed by atoms with Gasteiger partial charge in [-0.25, -0.2) is 0 Å². The van der Waals surface area contributed by atoms with Crippen LogP contribution < -0.4 is 14.8 Å². The first-order valence-electron chi connectivity index (χ1n) is 9.18. The zero-order chi connectivity index (χ0) is 18.7. The predicted molar refractivity (Wildman–Crippen MR) is 103 cm³/mol. The van der Waals surface area contributed by atoms with E-state index >= 15 is 0 Å². The van der Waals surface area contributed by atoms with E-state index in [9.17, 15) is 4.79 Å². The summed E-state index contributed by atoms with van der Waals surface area (Å²) in [6, 6.07) is 8.55. The molecule has 1 heterocycles. The molecule has 5 nitrogen and oxygen atoms in total. The minimum absolute atomic E-state index is 0.164. The first-order chi connectivity index (χ1) is 12.5. The fourth-order valence-corrected chi connectivity index (χ4v) is 3.52. The minimum atomic E-state index is 0.164. The van der Waals surface area contributed by atoms with Crippen LogP contribution in [0.15, 0.2) is 24.3 Å². The van der Waals surface area contributed by atoms with E-state index in [0.717, 1.165) is 41.3 Å². The van der Waals surface area contributed by atoms with Crippen molar-refractivity contribution in [2.24, 2.45) is 0 Å². The maximum Gasteiger partial charge on any atom is 0.178 e. The number of ether oxygens (including phenoxy) is 2. The summed E-state index contributed by atoms with van der Waals surface area (Å²) in [4.78, 5) is 12.6. The quantitative estimate of drug-likeness (QED) is 0.552. The van der Waals surface area contributed by atoms with Crippen molar-refractivity contribution >= 4 is 5.78 Å². The number of nitrogens with zero attached hydrogens (tertiary/aromatic N) is 1. The maximum atomic E-state index is 12.6. The van der Waals surface area contributed by atoms with Crippen molar-refractivity contribution in [1.82, 2.24) is 9.88 Å². The van der Waals surface area contributed by atoms with Gasteiger partial charge in [-0.1, -0.05) is 6.07 Å². The molecule has 0 radical (unpaired) electrons. The molecule has 1 fully saturated rings. The van der Waals surface area contributed by atoms with Crippen molar-refractivity contribution in [2.75, 3.05) is 27.3 Å². The van der Waals surface area contributed by atoms with Gasteiger partial charge in [-0.3, -0.25) is 4.79 Å². The Kier molecular flexibility index (Phi) is 5.67. The van der Waals surface area contributed by atoms with Crippen molar-refractivity contribution in [3.8, 4) is 11.5 Å². The smallest absolute Gasteiger partial charge is 0.178 e. The lowest BCUT2D eigenvalue weighted by atomic mass is 10.1. The van der Waals surface area contributed by atoms with E-state index in [2.05, 4.69) is 23.7 Å². The van der Waals surface area contributed by atoms with Gasteiger partial charge in [0, 0.05) is 23.0 Å². The fourth-order valence-electron chi connectivity index (χ4n) is 3.52. The molecule has 26 heavy (non-hydrogen) atoms. The van der Waals surface area contributed by atoms with E-state index in [1.165, 1.54) is 18.5 Å². The van der Waals surface area contributed by atoms with Crippen molar-refractivity contribution < 1.29 is 14.3 Å². The number of ketones is 1. The van der Waals surface area contributed by atoms with Gasteiger partial charge in [0.2, 0.25) is 0 Å². The Morgan fingerprint density at radius 1 is 1.15 bits per heavy atom. The second-order valence-electron chi connectivity index (χ2n) is 6.93. The molecule has 3 rings (SSSR count). The third kappa shape index (κ3) is 3.93. The number of carbonyl (C=O) groups excluding carboxylic acids is 1. The van der Waals surface area contributed by atoms with E-state index < -0.39 is 0 Å². The molecule has 1 N–H and O–H groups in total. The Morgan fingerprint density at radius 2 is 1.88 bits per heavy atom. The van der Waals surface area contributed by atoms with E-state index in [-0.39, 0.29) is 5.78 Å². The summed E-state index contributed by atoms with van der Waals surface area (Å²) in [6.45, 7) is 5.25. The van der Waals surface area contributed by atoms with Crippen LogP contribution in [0.25, 0.3) is 0 Å². The summed E-state index contributed by atoms with van der Waals surface area (Å²) in [7, 11) is 3.27. The van der Waals surface area contributed by atoms with Crippen LogP contribution in [0.1, 0.15) is 46.2 Å². The summed E-state index contributed by atoms with van der Waals surface area (Å²) in [5.41, 5.74) is 4.30. The summed E-state index contributed by atoms with van der Waals surface area (Å²) >= 11 is 0. The number of carbonyl (C=O) groups is 1. The molecular formula is C21H28N2O3. The van der Waals surface area contributed by atoms with Crippen molar-refractivity contribution in [1.29, 1.82) is 0 Å². The number of Topliss-reactive ketones (excluding diaryl/α,β-unsaturated/α-hetero) is 1. The molecule has 0 saturated heterocycles. The van der Waals surface area contributed by atoms with Crippen LogP contribution >= 0.6 is 0 Å². The van der Waals surface area contributed by atoms with Crippen LogP contribution in [0, 0.1) is 13.8 Å². The highest BCUT2D eigenvalue weighted by Gasteiger charge is 2.28. The van der Waals surface area contributed by atoms with Crippen LogP contribution in [0.5, 0.6) is 11.5 Å². The Balaban J connectivity index is 1.52. The van der Waals surface area contributed by atoms with Crippen LogP contribution in [-0.2, 0) is 6.42 Å². The highest BCUT2D eigenvalue weighted by molar-refractivity contribution is 5.99. The Morgan fingerprint density at radius 3 is 2.54 bits per heavy atom. The fraction of sp³-hybridized carbons (Fsp3) is 0.476. The number of aryl methyl sites for hydroxylation is 1. The highest BCUT2D eigenvalue weighted by Crippen LogP contribution is 2.38. The second kappa shape index (κ2) is 7.96. The zero-order valence-corrected chi connectivity index (χ0v) is 16.1. The number of aromatic nitrogens is 1. The highest BCUT2D eigenvalue weighted by atomic mass is 16.5. The molecule has 0 amide bonds. The van der Waals surface area contributed by atoms with Gasteiger partial charge in [-0.15, -0.1) is 0 Å². The number of benzene rings is 1. The maximum absolute atomic E-state index is 12.6. The van der Waals surface area contributed by atoms with Crippen molar-refractivity contribution in [3.63, 3.8) is 0 Å². The van der Waals surface area contributed by atoms with Crippen LogP contribution in [0.3, 0.4) is 0 Å².